The third kappa shape index (κ3) is 2.43. The van der Waals surface area contributed by atoms with E-state index in [0.717, 1.165) is 11.1 Å². The number of methoxy groups -OCH3 is 1. The maximum Gasteiger partial charge on any atom is 0.123 e. The molecule has 84 valence electrons. The van der Waals surface area contributed by atoms with Crippen molar-refractivity contribution in [1.82, 2.24) is 0 Å². The van der Waals surface area contributed by atoms with Crippen LogP contribution < -0.4 is 4.74 Å². The number of halogens is 1. The van der Waals surface area contributed by atoms with E-state index in [9.17, 15) is 4.39 Å². The zero-order valence-electron chi connectivity index (χ0n) is 9.27. The van der Waals surface area contributed by atoms with Crippen molar-refractivity contribution in [3.8, 4) is 22.9 Å². The van der Waals surface area contributed by atoms with Crippen LogP contribution in [0, 0.1) is 17.1 Å². The molecule has 2 rings (SSSR count). The molecule has 17 heavy (non-hydrogen) atoms. The lowest BCUT2D eigenvalue weighted by Crippen LogP contribution is -1.87. The minimum atomic E-state index is -0.302. The molecule has 2 nitrogen and oxygen atoms in total. The summed E-state index contributed by atoms with van der Waals surface area (Å²) in [6, 6.07) is 13.4. The molecule has 0 fully saturated rings. The molecule has 0 aromatic heterocycles. The maximum atomic E-state index is 13.1. The number of ether oxygens (including phenoxy) is 1. The highest BCUT2D eigenvalue weighted by Crippen LogP contribution is 2.26. The Morgan fingerprint density at radius 1 is 1.12 bits per heavy atom. The van der Waals surface area contributed by atoms with Gasteiger partial charge in [0.25, 0.3) is 0 Å². The molecule has 2 aromatic rings. The number of benzene rings is 2. The van der Waals surface area contributed by atoms with Crippen molar-refractivity contribution in [3.63, 3.8) is 0 Å². The summed E-state index contributed by atoms with van der Waals surface area (Å²) in [6.07, 6.45) is 0. The van der Waals surface area contributed by atoms with Crippen LogP contribution in [0.25, 0.3) is 11.1 Å². The van der Waals surface area contributed by atoms with Gasteiger partial charge in [-0.25, -0.2) is 4.39 Å². The summed E-state index contributed by atoms with van der Waals surface area (Å²) in [7, 11) is 1.53. The minimum Gasteiger partial charge on any atom is -0.497 e. The Morgan fingerprint density at radius 2 is 1.94 bits per heavy atom. The van der Waals surface area contributed by atoms with Crippen molar-refractivity contribution in [2.24, 2.45) is 0 Å². The van der Waals surface area contributed by atoms with Crippen LogP contribution in [0.4, 0.5) is 4.39 Å². The molecule has 0 N–H and O–H groups in total. The van der Waals surface area contributed by atoms with Crippen LogP contribution in [0.3, 0.4) is 0 Å². The van der Waals surface area contributed by atoms with Gasteiger partial charge in [-0.2, -0.15) is 5.26 Å². The number of nitriles is 1. The Hall–Kier alpha value is -2.34. The molecule has 0 unspecified atom stereocenters. The van der Waals surface area contributed by atoms with Gasteiger partial charge in [-0.05, 0) is 41.5 Å². The Morgan fingerprint density at radius 3 is 2.59 bits per heavy atom. The second-order valence-corrected chi connectivity index (χ2v) is 3.57. The van der Waals surface area contributed by atoms with Crippen LogP contribution in [-0.4, -0.2) is 7.11 Å². The smallest absolute Gasteiger partial charge is 0.123 e. The van der Waals surface area contributed by atoms with Crippen LogP contribution in [0.1, 0.15) is 5.56 Å². The normalized spacial score (nSPS) is 9.71. The molecule has 0 radical (unpaired) electrons. The van der Waals surface area contributed by atoms with Gasteiger partial charge in [0.05, 0.1) is 18.7 Å². The first-order valence-electron chi connectivity index (χ1n) is 5.08. The van der Waals surface area contributed by atoms with Gasteiger partial charge in [0, 0.05) is 0 Å². The Bertz CT molecular complexity index is 587. The molecule has 0 spiro atoms. The van der Waals surface area contributed by atoms with Gasteiger partial charge in [0.15, 0.2) is 0 Å². The van der Waals surface area contributed by atoms with Crippen molar-refractivity contribution in [2.75, 3.05) is 7.11 Å². The molecular formula is C14H10FNO. The summed E-state index contributed by atoms with van der Waals surface area (Å²) in [5, 5.41) is 8.90. The van der Waals surface area contributed by atoms with E-state index < -0.39 is 0 Å². The lowest BCUT2D eigenvalue weighted by atomic mass is 10.0. The fraction of sp³-hybridized carbons (Fsp3) is 0.0714. The molecule has 0 saturated carbocycles. The summed E-state index contributed by atoms with van der Waals surface area (Å²) in [5.41, 5.74) is 1.98. The van der Waals surface area contributed by atoms with Gasteiger partial charge in [-0.3, -0.25) is 0 Å². The van der Waals surface area contributed by atoms with E-state index in [-0.39, 0.29) is 5.82 Å². The average molecular weight is 227 g/mol. The van der Waals surface area contributed by atoms with E-state index in [0.29, 0.717) is 11.3 Å². The van der Waals surface area contributed by atoms with E-state index in [1.54, 1.807) is 30.3 Å². The van der Waals surface area contributed by atoms with Crippen LogP contribution in [0.2, 0.25) is 0 Å². The third-order valence-corrected chi connectivity index (χ3v) is 2.43. The van der Waals surface area contributed by atoms with Gasteiger partial charge in [-0.15, -0.1) is 0 Å². The van der Waals surface area contributed by atoms with Crippen molar-refractivity contribution in [1.29, 1.82) is 5.26 Å². The summed E-state index contributed by atoms with van der Waals surface area (Å²) < 4.78 is 18.2. The summed E-state index contributed by atoms with van der Waals surface area (Å²) in [4.78, 5) is 0. The van der Waals surface area contributed by atoms with Crippen molar-refractivity contribution < 1.29 is 9.13 Å². The molecule has 0 heterocycles. The lowest BCUT2D eigenvalue weighted by molar-refractivity contribution is 0.415. The number of rotatable bonds is 2. The minimum absolute atomic E-state index is 0.302. The third-order valence-electron chi connectivity index (χ3n) is 2.43. The Balaban J connectivity index is 2.55. The Kier molecular flexibility index (Phi) is 3.06. The van der Waals surface area contributed by atoms with Gasteiger partial charge < -0.3 is 4.74 Å². The fourth-order valence-electron chi connectivity index (χ4n) is 1.62. The average Bonchev–Trinajstić information content (AvgIpc) is 2.38. The lowest BCUT2D eigenvalue weighted by Gasteiger charge is -2.06. The van der Waals surface area contributed by atoms with Gasteiger partial charge in [0.2, 0.25) is 0 Å². The van der Waals surface area contributed by atoms with E-state index in [1.807, 2.05) is 0 Å². The van der Waals surface area contributed by atoms with Crippen molar-refractivity contribution >= 4 is 0 Å². The highest BCUT2D eigenvalue weighted by molar-refractivity contribution is 5.67. The Labute approximate surface area is 98.9 Å². The van der Waals surface area contributed by atoms with Crippen LogP contribution in [0.5, 0.6) is 5.75 Å². The summed E-state index contributed by atoms with van der Waals surface area (Å²) >= 11 is 0. The summed E-state index contributed by atoms with van der Waals surface area (Å²) in [5.74, 6) is 0.284. The van der Waals surface area contributed by atoms with Gasteiger partial charge in [0.1, 0.15) is 11.6 Å². The predicted molar refractivity (Wildman–Crippen MR) is 63.1 cm³/mol. The molecule has 0 saturated heterocycles. The number of hydrogen-bond donors (Lipinski definition) is 0. The zero-order valence-corrected chi connectivity index (χ0v) is 9.27. The largest absolute Gasteiger partial charge is 0.497 e. The highest BCUT2D eigenvalue weighted by atomic mass is 19.1. The van der Waals surface area contributed by atoms with Crippen LogP contribution >= 0.6 is 0 Å². The standard InChI is InChI=1S/C14H10FNO/c1-17-14-6-10(9-16)5-12(8-14)11-3-2-4-13(15)7-11/h2-8H,1H3. The molecule has 0 aliphatic rings. The van der Waals surface area contributed by atoms with Crippen molar-refractivity contribution in [3.05, 3.63) is 53.8 Å². The van der Waals surface area contributed by atoms with E-state index in [1.165, 1.54) is 19.2 Å². The second-order valence-electron chi connectivity index (χ2n) is 3.57. The first-order chi connectivity index (χ1) is 8.22. The quantitative estimate of drug-likeness (QED) is 0.788. The molecule has 0 atom stereocenters. The van der Waals surface area contributed by atoms with E-state index in [2.05, 4.69) is 6.07 Å². The first-order valence-corrected chi connectivity index (χ1v) is 5.08. The van der Waals surface area contributed by atoms with Gasteiger partial charge in [-0.1, -0.05) is 12.1 Å². The highest BCUT2D eigenvalue weighted by Gasteiger charge is 2.04. The fourth-order valence-corrected chi connectivity index (χ4v) is 1.62. The molecule has 0 amide bonds. The maximum absolute atomic E-state index is 13.1. The number of hydrogen-bond acceptors (Lipinski definition) is 2. The molecular weight excluding hydrogens is 217 g/mol. The SMILES string of the molecule is COc1cc(C#N)cc(-c2cccc(F)c2)c1. The molecule has 0 bridgehead atoms. The monoisotopic (exact) mass is 227 g/mol. The second kappa shape index (κ2) is 4.67. The van der Waals surface area contributed by atoms with Crippen molar-refractivity contribution in [2.45, 2.75) is 0 Å². The molecule has 3 heteroatoms. The first kappa shape index (κ1) is 11.2. The van der Waals surface area contributed by atoms with E-state index >= 15 is 0 Å². The molecule has 0 aliphatic carbocycles. The zero-order chi connectivity index (χ0) is 12.3. The van der Waals surface area contributed by atoms with Crippen LogP contribution in [0.15, 0.2) is 42.5 Å². The number of nitrogens with zero attached hydrogens (tertiary/aromatic N) is 1. The topological polar surface area (TPSA) is 33.0 Å². The summed E-state index contributed by atoms with van der Waals surface area (Å²) in [6.45, 7) is 0. The van der Waals surface area contributed by atoms with E-state index in [4.69, 9.17) is 10.00 Å². The molecule has 2 aromatic carbocycles. The molecule has 0 aliphatic heterocycles. The predicted octanol–water partition coefficient (Wildman–Crippen LogP) is 3.37. The van der Waals surface area contributed by atoms with Gasteiger partial charge >= 0.3 is 0 Å². The van der Waals surface area contributed by atoms with Crippen LogP contribution in [-0.2, 0) is 0 Å².